The number of thiophene rings is 1. The van der Waals surface area contributed by atoms with Crippen molar-refractivity contribution in [2.24, 2.45) is 0 Å². The van der Waals surface area contributed by atoms with Crippen LogP contribution in [-0.4, -0.2) is 54.5 Å². The first kappa shape index (κ1) is 15.9. The Labute approximate surface area is 133 Å². The van der Waals surface area contributed by atoms with Gasteiger partial charge in [-0.3, -0.25) is 9.69 Å². The van der Waals surface area contributed by atoms with Crippen molar-refractivity contribution in [3.8, 4) is 0 Å². The van der Waals surface area contributed by atoms with Crippen LogP contribution in [0, 0.1) is 0 Å². The van der Waals surface area contributed by atoms with Crippen LogP contribution in [0.5, 0.6) is 0 Å². The van der Waals surface area contributed by atoms with Gasteiger partial charge in [-0.25, -0.2) is 0 Å². The van der Waals surface area contributed by atoms with Crippen LogP contribution in [0.4, 0.5) is 0 Å². The molecule has 1 N–H and O–H groups in total. The van der Waals surface area contributed by atoms with Crippen LogP contribution in [0.15, 0.2) is 15.9 Å². The third kappa shape index (κ3) is 4.04. The minimum atomic E-state index is 0.228. The molecule has 1 aliphatic rings. The molecule has 0 atom stereocenters. The van der Waals surface area contributed by atoms with Gasteiger partial charge in [0.15, 0.2) is 0 Å². The molecule has 1 saturated heterocycles. The molecule has 1 aromatic rings. The quantitative estimate of drug-likeness (QED) is 0.810. The Balaban J connectivity index is 1.90. The van der Waals surface area contributed by atoms with Gasteiger partial charge in [-0.15, -0.1) is 11.3 Å². The van der Waals surface area contributed by atoms with Crippen molar-refractivity contribution in [3.05, 3.63) is 20.8 Å². The van der Waals surface area contributed by atoms with E-state index >= 15 is 0 Å². The first-order valence-corrected chi connectivity index (χ1v) is 8.71. The van der Waals surface area contributed by atoms with Crippen LogP contribution in [0.25, 0.3) is 0 Å². The second-order valence-electron chi connectivity index (χ2n) is 4.99. The third-order valence-corrected chi connectivity index (χ3v) is 5.34. The molecule has 4 nitrogen and oxygen atoms in total. The van der Waals surface area contributed by atoms with Crippen molar-refractivity contribution in [1.29, 1.82) is 0 Å². The molecule has 1 fully saturated rings. The molecule has 1 amide bonds. The van der Waals surface area contributed by atoms with E-state index in [1.807, 2.05) is 17.9 Å². The van der Waals surface area contributed by atoms with Gasteiger partial charge >= 0.3 is 0 Å². The zero-order chi connectivity index (χ0) is 14.5. The summed E-state index contributed by atoms with van der Waals surface area (Å²) >= 11 is 5.16. The summed E-state index contributed by atoms with van der Waals surface area (Å²) in [6.45, 7) is 9.11. The van der Waals surface area contributed by atoms with E-state index in [0.717, 1.165) is 30.0 Å². The average molecular weight is 360 g/mol. The van der Waals surface area contributed by atoms with Crippen LogP contribution in [0.2, 0.25) is 0 Å². The van der Waals surface area contributed by atoms with Gasteiger partial charge in [-0.2, -0.15) is 0 Å². The minimum absolute atomic E-state index is 0.228. The smallest absolute Gasteiger partial charge is 0.237 e. The molecule has 0 aliphatic carbocycles. The van der Waals surface area contributed by atoms with Gasteiger partial charge in [0.05, 0.1) is 16.9 Å². The fourth-order valence-corrected chi connectivity index (χ4v) is 3.80. The molecule has 0 aromatic carbocycles. The number of nitrogens with zero attached hydrogens (tertiary/aromatic N) is 2. The number of hydrogen-bond donors (Lipinski definition) is 1. The first-order chi connectivity index (χ1) is 9.63. The summed E-state index contributed by atoms with van der Waals surface area (Å²) in [5.74, 6) is 0.228. The lowest BCUT2D eigenvalue weighted by atomic mass is 10.1. The van der Waals surface area contributed by atoms with Crippen LogP contribution < -0.4 is 5.32 Å². The SMILES string of the molecule is CCN(Cc1ccc(Br)s1)C(=O)CN(CC)C1CNC1. The van der Waals surface area contributed by atoms with Gasteiger partial charge < -0.3 is 10.2 Å². The highest BCUT2D eigenvalue weighted by Crippen LogP contribution is 2.23. The number of likely N-dealkylation sites (N-methyl/N-ethyl adjacent to an activating group) is 2. The molecule has 0 radical (unpaired) electrons. The monoisotopic (exact) mass is 359 g/mol. The minimum Gasteiger partial charge on any atom is -0.337 e. The van der Waals surface area contributed by atoms with Crippen LogP contribution >= 0.6 is 27.3 Å². The van der Waals surface area contributed by atoms with Gasteiger partial charge in [-0.05, 0) is 41.5 Å². The Kier molecular flexibility index (Phi) is 6.01. The molecule has 0 saturated carbocycles. The molecule has 0 spiro atoms. The lowest BCUT2D eigenvalue weighted by Gasteiger charge is -2.38. The van der Waals surface area contributed by atoms with E-state index in [-0.39, 0.29) is 5.91 Å². The van der Waals surface area contributed by atoms with Crippen molar-refractivity contribution in [3.63, 3.8) is 0 Å². The van der Waals surface area contributed by atoms with Crippen molar-refractivity contribution < 1.29 is 4.79 Å². The van der Waals surface area contributed by atoms with Crippen LogP contribution in [0.1, 0.15) is 18.7 Å². The summed E-state index contributed by atoms with van der Waals surface area (Å²) < 4.78 is 1.12. The van der Waals surface area contributed by atoms with Crippen molar-refractivity contribution >= 4 is 33.2 Å². The molecule has 0 unspecified atom stereocenters. The summed E-state index contributed by atoms with van der Waals surface area (Å²) in [6, 6.07) is 4.65. The zero-order valence-electron chi connectivity index (χ0n) is 12.1. The second-order valence-corrected chi connectivity index (χ2v) is 7.54. The highest BCUT2D eigenvalue weighted by molar-refractivity contribution is 9.11. The summed E-state index contributed by atoms with van der Waals surface area (Å²) in [5, 5.41) is 3.26. The van der Waals surface area contributed by atoms with E-state index in [1.54, 1.807) is 11.3 Å². The molecular weight excluding hydrogens is 338 g/mol. The first-order valence-electron chi connectivity index (χ1n) is 7.10. The highest BCUT2D eigenvalue weighted by atomic mass is 79.9. The summed E-state index contributed by atoms with van der Waals surface area (Å²) in [5.41, 5.74) is 0. The maximum atomic E-state index is 12.5. The van der Waals surface area contributed by atoms with Gasteiger partial charge in [0.25, 0.3) is 0 Å². The number of rotatable bonds is 7. The number of carbonyl (C=O) groups excluding carboxylic acids is 1. The number of carbonyl (C=O) groups is 1. The predicted octanol–water partition coefficient (Wildman–Crippen LogP) is 2.15. The van der Waals surface area contributed by atoms with Crippen molar-refractivity contribution in [2.45, 2.75) is 26.4 Å². The number of nitrogens with one attached hydrogen (secondary N) is 1. The van der Waals surface area contributed by atoms with Gasteiger partial charge in [0, 0.05) is 30.6 Å². The van der Waals surface area contributed by atoms with E-state index in [0.29, 0.717) is 19.1 Å². The lowest BCUT2D eigenvalue weighted by molar-refractivity contribution is -0.133. The Hall–Kier alpha value is -0.430. The van der Waals surface area contributed by atoms with Crippen LogP contribution in [-0.2, 0) is 11.3 Å². The average Bonchev–Trinajstić information content (AvgIpc) is 2.78. The number of halogens is 1. The Morgan fingerprint density at radius 3 is 2.60 bits per heavy atom. The number of amides is 1. The molecule has 2 heterocycles. The molecule has 1 aliphatic heterocycles. The van der Waals surface area contributed by atoms with E-state index in [1.165, 1.54) is 4.88 Å². The molecular formula is C14H22BrN3OS. The summed E-state index contributed by atoms with van der Waals surface area (Å²) in [7, 11) is 0. The normalized spacial score (nSPS) is 15.4. The van der Waals surface area contributed by atoms with Crippen LogP contribution in [0.3, 0.4) is 0 Å². The summed E-state index contributed by atoms with van der Waals surface area (Å²) in [6.07, 6.45) is 0. The second kappa shape index (κ2) is 7.54. The van der Waals surface area contributed by atoms with E-state index in [4.69, 9.17) is 0 Å². The number of hydrogen-bond acceptors (Lipinski definition) is 4. The maximum Gasteiger partial charge on any atom is 0.237 e. The molecule has 0 bridgehead atoms. The third-order valence-electron chi connectivity index (χ3n) is 3.73. The van der Waals surface area contributed by atoms with Gasteiger partial charge in [0.1, 0.15) is 0 Å². The van der Waals surface area contributed by atoms with E-state index in [2.05, 4.69) is 39.1 Å². The fourth-order valence-electron chi connectivity index (χ4n) is 2.31. The zero-order valence-corrected chi connectivity index (χ0v) is 14.5. The topological polar surface area (TPSA) is 35.6 Å². The molecule has 112 valence electrons. The van der Waals surface area contributed by atoms with Crippen molar-refractivity contribution in [2.75, 3.05) is 32.7 Å². The Morgan fingerprint density at radius 1 is 1.40 bits per heavy atom. The van der Waals surface area contributed by atoms with Crippen molar-refractivity contribution in [1.82, 2.24) is 15.1 Å². The van der Waals surface area contributed by atoms with Gasteiger partial charge in [0.2, 0.25) is 5.91 Å². The Morgan fingerprint density at radius 2 is 2.15 bits per heavy atom. The Bertz CT molecular complexity index is 447. The standard InChI is InChI=1S/C14H22BrN3OS/c1-3-17(11-7-16-8-11)10-14(19)18(4-2)9-12-5-6-13(15)20-12/h5-6,11,16H,3-4,7-10H2,1-2H3. The molecule has 20 heavy (non-hydrogen) atoms. The summed E-state index contributed by atoms with van der Waals surface area (Å²) in [4.78, 5) is 17.9. The molecule has 2 rings (SSSR count). The molecule has 1 aromatic heterocycles. The van der Waals surface area contributed by atoms with E-state index in [9.17, 15) is 4.79 Å². The predicted molar refractivity (Wildman–Crippen MR) is 87.0 cm³/mol. The highest BCUT2D eigenvalue weighted by Gasteiger charge is 2.26. The largest absolute Gasteiger partial charge is 0.337 e. The van der Waals surface area contributed by atoms with Gasteiger partial charge in [-0.1, -0.05) is 6.92 Å². The lowest BCUT2D eigenvalue weighted by Crippen LogP contribution is -2.59. The maximum absolute atomic E-state index is 12.5. The van der Waals surface area contributed by atoms with E-state index < -0.39 is 0 Å². The fraction of sp³-hybridized carbons (Fsp3) is 0.643. The molecule has 6 heteroatoms.